The Labute approximate surface area is 131 Å². The second-order valence-electron chi connectivity index (χ2n) is 5.14. The number of nitrogens with zero attached hydrogens (tertiary/aromatic N) is 1. The molecule has 3 rings (SSSR count). The topological polar surface area (TPSA) is 66.9 Å². The van der Waals surface area contributed by atoms with Crippen molar-refractivity contribution in [1.29, 1.82) is 0 Å². The van der Waals surface area contributed by atoms with Crippen LogP contribution in [0, 0.1) is 0 Å². The molecular formula is C16H14ClN3O2. The van der Waals surface area contributed by atoms with Crippen LogP contribution in [0.2, 0.25) is 5.02 Å². The van der Waals surface area contributed by atoms with Crippen LogP contribution in [0.1, 0.15) is 23.0 Å². The number of H-pyrrole nitrogens is 1. The van der Waals surface area contributed by atoms with E-state index in [4.69, 9.17) is 11.6 Å². The molecule has 0 saturated carbocycles. The number of ketones is 1. The number of hydrogen-bond donors (Lipinski definition) is 2. The van der Waals surface area contributed by atoms with Gasteiger partial charge in [0, 0.05) is 47.9 Å². The molecule has 0 fully saturated rings. The van der Waals surface area contributed by atoms with Gasteiger partial charge in [0.2, 0.25) is 11.7 Å². The molecule has 0 saturated heterocycles. The normalized spacial score (nSPS) is 10.9. The van der Waals surface area contributed by atoms with Gasteiger partial charge < -0.3 is 14.9 Å². The zero-order valence-electron chi connectivity index (χ0n) is 12.1. The number of carbonyl (C=O) groups excluding carboxylic acids is 2. The maximum absolute atomic E-state index is 12.7. The fourth-order valence-electron chi connectivity index (χ4n) is 2.43. The first-order valence-electron chi connectivity index (χ1n) is 6.71. The lowest BCUT2D eigenvalue weighted by molar-refractivity contribution is -0.114. The molecule has 22 heavy (non-hydrogen) atoms. The van der Waals surface area contributed by atoms with Crippen molar-refractivity contribution in [3.05, 3.63) is 52.9 Å². The Kier molecular flexibility index (Phi) is 3.50. The Balaban J connectivity index is 2.18. The van der Waals surface area contributed by atoms with Crippen LogP contribution in [0.4, 0.5) is 5.69 Å². The Morgan fingerprint density at radius 2 is 2.05 bits per heavy atom. The van der Waals surface area contributed by atoms with Gasteiger partial charge >= 0.3 is 0 Å². The number of aromatic amines is 1. The average Bonchev–Trinajstić information content (AvgIpc) is 3.02. The summed E-state index contributed by atoms with van der Waals surface area (Å²) in [6.07, 6.45) is 3.53. The maximum Gasteiger partial charge on any atom is 0.221 e. The first kappa shape index (κ1) is 14.4. The van der Waals surface area contributed by atoms with Gasteiger partial charge in [0.1, 0.15) is 5.69 Å². The van der Waals surface area contributed by atoms with E-state index in [1.165, 1.54) is 6.92 Å². The van der Waals surface area contributed by atoms with Crippen molar-refractivity contribution >= 4 is 39.9 Å². The van der Waals surface area contributed by atoms with Crippen LogP contribution < -0.4 is 5.32 Å². The van der Waals surface area contributed by atoms with Crippen LogP contribution in [-0.2, 0) is 11.8 Å². The minimum atomic E-state index is -0.238. The Hall–Kier alpha value is -2.53. The number of fused-ring (bicyclic) bond motifs is 1. The number of aryl methyl sites for hydroxylation is 1. The smallest absolute Gasteiger partial charge is 0.221 e. The minimum absolute atomic E-state index is 0.184. The van der Waals surface area contributed by atoms with Crippen molar-refractivity contribution in [3.63, 3.8) is 0 Å². The summed E-state index contributed by atoms with van der Waals surface area (Å²) in [4.78, 5) is 27.2. The van der Waals surface area contributed by atoms with Crippen molar-refractivity contribution < 1.29 is 9.59 Å². The molecule has 0 unspecified atom stereocenters. The van der Waals surface area contributed by atoms with Gasteiger partial charge in [-0.1, -0.05) is 11.6 Å². The largest absolute Gasteiger partial charge is 0.356 e. The Bertz CT molecular complexity index is 892. The lowest BCUT2D eigenvalue weighted by atomic mass is 10.1. The maximum atomic E-state index is 12.7. The van der Waals surface area contributed by atoms with Gasteiger partial charge in [-0.25, -0.2) is 0 Å². The molecule has 0 aliphatic rings. The molecule has 0 bridgehead atoms. The van der Waals surface area contributed by atoms with Crippen molar-refractivity contribution in [1.82, 2.24) is 9.55 Å². The number of hydrogen-bond acceptors (Lipinski definition) is 2. The summed E-state index contributed by atoms with van der Waals surface area (Å²) in [6.45, 7) is 1.41. The second-order valence-corrected chi connectivity index (χ2v) is 5.58. The SMILES string of the molecule is CC(=O)Nc1c(C(=O)c2ccn(C)c2)[nH]c2cc(Cl)ccc12. The van der Waals surface area contributed by atoms with Gasteiger partial charge in [0.15, 0.2) is 0 Å². The number of halogens is 1. The number of carbonyl (C=O) groups is 2. The zero-order valence-corrected chi connectivity index (χ0v) is 12.9. The van der Waals surface area contributed by atoms with Crippen LogP contribution in [-0.4, -0.2) is 21.2 Å². The molecule has 5 nitrogen and oxygen atoms in total. The predicted molar refractivity (Wildman–Crippen MR) is 86.5 cm³/mol. The average molecular weight is 316 g/mol. The molecular weight excluding hydrogens is 302 g/mol. The highest BCUT2D eigenvalue weighted by molar-refractivity contribution is 6.31. The fraction of sp³-hybridized carbons (Fsp3) is 0.125. The number of anilines is 1. The quantitative estimate of drug-likeness (QED) is 0.728. The Morgan fingerprint density at radius 1 is 1.27 bits per heavy atom. The summed E-state index contributed by atoms with van der Waals surface area (Å²) in [5.74, 6) is -0.422. The number of rotatable bonds is 3. The monoisotopic (exact) mass is 315 g/mol. The molecule has 1 amide bonds. The van der Waals surface area contributed by atoms with Crippen LogP contribution in [0.15, 0.2) is 36.7 Å². The molecule has 0 aliphatic carbocycles. The van der Waals surface area contributed by atoms with E-state index < -0.39 is 0 Å². The Morgan fingerprint density at radius 3 is 2.68 bits per heavy atom. The van der Waals surface area contributed by atoms with Crippen molar-refractivity contribution in [2.45, 2.75) is 6.92 Å². The molecule has 112 valence electrons. The molecule has 2 heterocycles. The zero-order chi connectivity index (χ0) is 15.9. The van der Waals surface area contributed by atoms with E-state index in [2.05, 4.69) is 10.3 Å². The van der Waals surface area contributed by atoms with E-state index in [-0.39, 0.29) is 11.7 Å². The number of amides is 1. The standard InChI is InChI=1S/C16H14ClN3O2/c1-9(21)18-14-12-4-3-11(17)7-13(12)19-15(14)16(22)10-5-6-20(2)8-10/h3-8,19H,1-2H3,(H,18,21). The molecule has 0 aliphatic heterocycles. The van der Waals surface area contributed by atoms with E-state index >= 15 is 0 Å². The number of aromatic nitrogens is 2. The van der Waals surface area contributed by atoms with Crippen LogP contribution >= 0.6 is 11.6 Å². The first-order chi connectivity index (χ1) is 10.5. The third kappa shape index (κ3) is 2.51. The van der Waals surface area contributed by atoms with E-state index in [1.807, 2.05) is 7.05 Å². The minimum Gasteiger partial charge on any atom is -0.356 e. The van der Waals surface area contributed by atoms with Crippen molar-refractivity contribution in [3.8, 4) is 0 Å². The highest BCUT2D eigenvalue weighted by atomic mass is 35.5. The van der Waals surface area contributed by atoms with Gasteiger partial charge in [0.25, 0.3) is 0 Å². The molecule has 0 spiro atoms. The van der Waals surface area contributed by atoms with Crippen molar-refractivity contribution in [2.75, 3.05) is 5.32 Å². The molecule has 3 aromatic rings. The van der Waals surface area contributed by atoms with Crippen LogP contribution in [0.5, 0.6) is 0 Å². The highest BCUT2D eigenvalue weighted by Crippen LogP contribution is 2.31. The van der Waals surface area contributed by atoms with Crippen molar-refractivity contribution in [2.24, 2.45) is 7.05 Å². The molecule has 6 heteroatoms. The summed E-state index contributed by atoms with van der Waals surface area (Å²) in [7, 11) is 1.84. The summed E-state index contributed by atoms with van der Waals surface area (Å²) in [5, 5.41) is 4.04. The lowest BCUT2D eigenvalue weighted by Crippen LogP contribution is -2.10. The van der Waals surface area contributed by atoms with Crippen LogP contribution in [0.25, 0.3) is 10.9 Å². The molecule has 2 N–H and O–H groups in total. The van der Waals surface area contributed by atoms with Crippen LogP contribution in [0.3, 0.4) is 0 Å². The van der Waals surface area contributed by atoms with E-state index in [9.17, 15) is 9.59 Å². The first-order valence-corrected chi connectivity index (χ1v) is 7.09. The summed E-state index contributed by atoms with van der Waals surface area (Å²) in [5.41, 5.74) is 2.08. The highest BCUT2D eigenvalue weighted by Gasteiger charge is 2.20. The van der Waals surface area contributed by atoms with Gasteiger partial charge in [-0.2, -0.15) is 0 Å². The number of benzene rings is 1. The van der Waals surface area contributed by atoms with Gasteiger partial charge in [-0.3, -0.25) is 9.59 Å². The predicted octanol–water partition coefficient (Wildman–Crippen LogP) is 3.35. The third-order valence-corrected chi connectivity index (χ3v) is 3.62. The van der Waals surface area contributed by atoms with Gasteiger partial charge in [0.05, 0.1) is 5.69 Å². The van der Waals surface area contributed by atoms with E-state index in [0.29, 0.717) is 27.5 Å². The fourth-order valence-corrected chi connectivity index (χ4v) is 2.60. The summed E-state index contributed by atoms with van der Waals surface area (Å²) in [6, 6.07) is 6.96. The summed E-state index contributed by atoms with van der Waals surface area (Å²) < 4.78 is 1.80. The molecule has 2 aromatic heterocycles. The second kappa shape index (κ2) is 5.35. The number of nitrogens with one attached hydrogen (secondary N) is 2. The van der Waals surface area contributed by atoms with Gasteiger partial charge in [-0.05, 0) is 24.3 Å². The van der Waals surface area contributed by atoms with Gasteiger partial charge in [-0.15, -0.1) is 0 Å². The molecule has 1 aromatic carbocycles. The summed E-state index contributed by atoms with van der Waals surface area (Å²) >= 11 is 5.99. The molecule has 0 atom stereocenters. The lowest BCUT2D eigenvalue weighted by Gasteiger charge is -2.04. The van der Waals surface area contributed by atoms with E-state index in [1.54, 1.807) is 41.2 Å². The third-order valence-electron chi connectivity index (χ3n) is 3.38. The van der Waals surface area contributed by atoms with E-state index in [0.717, 1.165) is 5.39 Å². The molecule has 0 radical (unpaired) electrons.